The van der Waals surface area contributed by atoms with Gasteiger partial charge in [-0.15, -0.1) is 0 Å². The fourth-order valence-corrected chi connectivity index (χ4v) is 10.6. The Labute approximate surface area is 383 Å². The number of aliphatic hydroxyl groups excluding tert-OH is 1. The molecular formula is C56H64O9. The summed E-state index contributed by atoms with van der Waals surface area (Å²) in [6.07, 6.45) is 7.22. The van der Waals surface area contributed by atoms with E-state index in [1.807, 2.05) is 39.0 Å². The van der Waals surface area contributed by atoms with E-state index in [2.05, 4.69) is 72.8 Å². The molecule has 9 nitrogen and oxygen atoms in total. The highest BCUT2D eigenvalue weighted by molar-refractivity contribution is 5.90. The number of esters is 2. The molecule has 1 fully saturated rings. The van der Waals surface area contributed by atoms with Crippen molar-refractivity contribution in [3.05, 3.63) is 158 Å². The summed E-state index contributed by atoms with van der Waals surface area (Å²) in [4.78, 5) is 43.5. The van der Waals surface area contributed by atoms with Crippen LogP contribution in [0.5, 0.6) is 5.75 Å². The summed E-state index contributed by atoms with van der Waals surface area (Å²) in [7, 11) is 1.56. The average molecular weight is 881 g/mol. The molecule has 0 amide bonds. The van der Waals surface area contributed by atoms with E-state index in [1.165, 1.54) is 16.7 Å². The van der Waals surface area contributed by atoms with E-state index < -0.39 is 41.3 Å². The Bertz CT molecular complexity index is 2520. The van der Waals surface area contributed by atoms with Crippen LogP contribution in [0.15, 0.2) is 117 Å². The highest BCUT2D eigenvalue weighted by atomic mass is 16.6. The molecule has 1 aromatic heterocycles. The Morgan fingerprint density at radius 2 is 1.55 bits per heavy atom. The van der Waals surface area contributed by atoms with Crippen LogP contribution in [0, 0.1) is 11.8 Å². The monoisotopic (exact) mass is 880 g/mol. The van der Waals surface area contributed by atoms with Gasteiger partial charge in [-0.05, 0) is 130 Å². The molecule has 9 heteroatoms. The lowest BCUT2D eigenvalue weighted by molar-refractivity contribution is -0.201. The molecule has 5 atom stereocenters. The normalized spacial score (nSPS) is 22.4. The van der Waals surface area contributed by atoms with Gasteiger partial charge in [0.05, 0.1) is 12.2 Å². The zero-order valence-electron chi connectivity index (χ0n) is 38.4. The van der Waals surface area contributed by atoms with Crippen molar-refractivity contribution in [2.45, 2.75) is 128 Å². The molecule has 4 aromatic carbocycles. The van der Waals surface area contributed by atoms with Crippen molar-refractivity contribution in [3.8, 4) is 5.75 Å². The number of carbonyl (C=O) groups is 2. The number of carbonyl (C=O) groups excluding carboxylic acids is 2. The van der Waals surface area contributed by atoms with Crippen molar-refractivity contribution in [2.24, 2.45) is 11.8 Å². The van der Waals surface area contributed by atoms with Crippen molar-refractivity contribution in [1.29, 1.82) is 0 Å². The Balaban J connectivity index is 1.21. The molecule has 1 aliphatic carbocycles. The quantitative estimate of drug-likeness (QED) is 0.0785. The minimum atomic E-state index is -1.15. The van der Waals surface area contributed by atoms with Crippen LogP contribution in [0.3, 0.4) is 0 Å². The molecule has 3 aliphatic heterocycles. The Morgan fingerprint density at radius 1 is 0.815 bits per heavy atom. The number of allylic oxidation sites excluding steroid dienone is 1. The van der Waals surface area contributed by atoms with E-state index in [0.29, 0.717) is 53.5 Å². The van der Waals surface area contributed by atoms with Crippen LogP contribution < -0.4 is 10.4 Å². The summed E-state index contributed by atoms with van der Waals surface area (Å²) in [6, 6.07) is 33.2. The first-order chi connectivity index (χ1) is 31.5. The predicted molar refractivity (Wildman–Crippen MR) is 252 cm³/mol. The van der Waals surface area contributed by atoms with Gasteiger partial charge in [0, 0.05) is 48.5 Å². The molecule has 0 spiro atoms. The number of aryl methyl sites for hydroxylation is 2. The fraction of sp³-hybridized carbons (Fsp3) is 0.446. The predicted octanol–water partition coefficient (Wildman–Crippen LogP) is 10.9. The Hall–Kier alpha value is -5.51. The van der Waals surface area contributed by atoms with Crippen molar-refractivity contribution < 1.29 is 38.1 Å². The van der Waals surface area contributed by atoms with Gasteiger partial charge in [-0.1, -0.05) is 104 Å². The highest BCUT2D eigenvalue weighted by Gasteiger charge is 2.56. The molecule has 2 bridgehead atoms. The van der Waals surface area contributed by atoms with Crippen LogP contribution in [0.1, 0.15) is 130 Å². The highest BCUT2D eigenvalue weighted by Crippen LogP contribution is 2.52. The Morgan fingerprint density at radius 3 is 2.29 bits per heavy atom. The molecule has 5 aromatic rings. The van der Waals surface area contributed by atoms with E-state index in [0.717, 1.165) is 68.1 Å². The molecule has 0 unspecified atom stereocenters. The van der Waals surface area contributed by atoms with Crippen LogP contribution in [0.2, 0.25) is 0 Å². The van der Waals surface area contributed by atoms with Crippen LogP contribution in [0.4, 0.5) is 0 Å². The average Bonchev–Trinajstić information content (AvgIpc) is 3.30. The number of methoxy groups -OCH3 is 1. The number of hydrogen-bond acceptors (Lipinski definition) is 9. The standard InChI is InChI=1S/C56H64O9/c1-36(2)46-26-24-37-18-20-40(21-19-37)32-42(23-22-39-14-11-15-41(31-39)30-38-12-7-5-8-13-38)33-49(58)62-52-50-48(65-56(3,53(52)64-54(46)59)45-16-9-6-10-17-45)27-25-43-34-47(55(60)63-51(43)50)44(28-29-57)35-61-4/h5,7-8,11-15,18-21,25,27,31,34,42,44-45,52-53,57H,6,9-10,16-17,22-24,26,28-30,32-33,35H2,1-4H3/t42-,44-,52-,53+,56+/m1/s1. The van der Waals surface area contributed by atoms with Crippen molar-refractivity contribution in [3.63, 3.8) is 0 Å². The van der Waals surface area contributed by atoms with Gasteiger partial charge in [-0.3, -0.25) is 4.79 Å². The zero-order chi connectivity index (χ0) is 45.5. The van der Waals surface area contributed by atoms with Crippen LogP contribution in [-0.2, 0) is 49.5 Å². The lowest BCUT2D eigenvalue weighted by Crippen LogP contribution is -2.58. The lowest BCUT2D eigenvalue weighted by atomic mass is 9.71. The van der Waals surface area contributed by atoms with Crippen molar-refractivity contribution in [2.75, 3.05) is 20.3 Å². The van der Waals surface area contributed by atoms with E-state index in [9.17, 15) is 19.5 Å². The van der Waals surface area contributed by atoms with E-state index in [1.54, 1.807) is 13.2 Å². The SMILES string of the molecule is COC[C@@H](CCO)c1cc2ccc3c(c2oc1=O)[C@H]1OC(=O)C[C@H](CCc2cccc(Cc4ccccc4)c2)Cc2ccc(cc2)CCC(=C(C)C)C(=O)O[C@@H]1[C@](C)(C1CCCCC1)O3. The molecule has 0 saturated heterocycles. The smallest absolute Gasteiger partial charge is 0.339 e. The molecule has 1 N–H and O–H groups in total. The van der Waals surface area contributed by atoms with Gasteiger partial charge in [0.15, 0.2) is 12.2 Å². The molecular weight excluding hydrogens is 817 g/mol. The molecule has 1 saturated carbocycles. The summed E-state index contributed by atoms with van der Waals surface area (Å²) in [6.45, 7) is 5.94. The minimum absolute atomic E-state index is 0.00844. The number of fused-ring (bicyclic) bond motifs is 13. The second kappa shape index (κ2) is 20.8. The molecule has 65 heavy (non-hydrogen) atoms. The second-order valence-corrected chi connectivity index (χ2v) is 19.0. The number of rotatable bonds is 11. The fourth-order valence-electron chi connectivity index (χ4n) is 10.6. The number of aliphatic hydroxyl groups is 1. The molecule has 0 radical (unpaired) electrons. The van der Waals surface area contributed by atoms with E-state index in [-0.39, 0.29) is 37.1 Å². The molecule has 4 aliphatic rings. The first-order valence-corrected chi connectivity index (χ1v) is 23.7. The number of hydrogen-bond donors (Lipinski definition) is 1. The maximum Gasteiger partial charge on any atom is 0.339 e. The van der Waals surface area contributed by atoms with Crippen LogP contribution in [-0.4, -0.2) is 49.1 Å². The van der Waals surface area contributed by atoms with Gasteiger partial charge in [0.2, 0.25) is 0 Å². The van der Waals surface area contributed by atoms with Crippen molar-refractivity contribution in [1.82, 2.24) is 0 Å². The molecule has 4 heterocycles. The van der Waals surface area contributed by atoms with Gasteiger partial charge in [-0.25, -0.2) is 9.59 Å². The van der Waals surface area contributed by atoms with Gasteiger partial charge in [-0.2, -0.15) is 0 Å². The molecule has 342 valence electrons. The van der Waals surface area contributed by atoms with E-state index in [4.69, 9.17) is 23.4 Å². The maximum atomic E-state index is 14.9. The third kappa shape index (κ3) is 10.6. The van der Waals surface area contributed by atoms with Crippen molar-refractivity contribution >= 4 is 22.9 Å². The second-order valence-electron chi connectivity index (χ2n) is 19.0. The topological polar surface area (TPSA) is 122 Å². The van der Waals surface area contributed by atoms with Gasteiger partial charge in [0.1, 0.15) is 16.9 Å². The lowest BCUT2D eigenvalue weighted by Gasteiger charge is -2.49. The number of ether oxygens (including phenoxy) is 4. The summed E-state index contributed by atoms with van der Waals surface area (Å²) in [5, 5.41) is 10.5. The van der Waals surface area contributed by atoms with Crippen LogP contribution in [0.25, 0.3) is 11.0 Å². The summed E-state index contributed by atoms with van der Waals surface area (Å²) in [5.41, 5.74) is 6.68. The van der Waals surface area contributed by atoms with Gasteiger partial charge in [0.25, 0.3) is 0 Å². The third-order valence-electron chi connectivity index (χ3n) is 14.2. The van der Waals surface area contributed by atoms with Gasteiger partial charge >= 0.3 is 17.6 Å². The minimum Gasteiger partial charge on any atom is -0.483 e. The number of benzene rings is 4. The maximum absolute atomic E-state index is 14.9. The van der Waals surface area contributed by atoms with E-state index >= 15 is 0 Å². The third-order valence-corrected chi connectivity index (χ3v) is 14.2. The van der Waals surface area contributed by atoms with Gasteiger partial charge < -0.3 is 28.5 Å². The Kier molecular flexibility index (Phi) is 14.7. The van der Waals surface area contributed by atoms with Crippen LogP contribution >= 0.6 is 0 Å². The summed E-state index contributed by atoms with van der Waals surface area (Å²) in [5.74, 6) is -0.953. The summed E-state index contributed by atoms with van der Waals surface area (Å²) >= 11 is 0. The summed E-state index contributed by atoms with van der Waals surface area (Å²) < 4.78 is 32.3. The first kappa shape index (κ1) is 46.0. The zero-order valence-corrected chi connectivity index (χ0v) is 38.4. The largest absolute Gasteiger partial charge is 0.483 e. The first-order valence-electron chi connectivity index (χ1n) is 23.7. The molecule has 9 rings (SSSR count).